The van der Waals surface area contributed by atoms with Gasteiger partial charge in [0.15, 0.2) is 0 Å². The fourth-order valence-corrected chi connectivity index (χ4v) is 3.00. The van der Waals surface area contributed by atoms with Crippen LogP contribution in [0.1, 0.15) is 46.0 Å². The lowest BCUT2D eigenvalue weighted by Crippen LogP contribution is -2.50. The minimum absolute atomic E-state index is 0.0576. The first kappa shape index (κ1) is 12.9. The van der Waals surface area contributed by atoms with E-state index >= 15 is 0 Å². The highest BCUT2D eigenvalue weighted by molar-refractivity contribution is 5.76. The minimum Gasteiger partial charge on any atom is -0.468 e. The van der Waals surface area contributed by atoms with E-state index in [4.69, 9.17) is 4.74 Å². The van der Waals surface area contributed by atoms with Crippen molar-refractivity contribution >= 4 is 5.97 Å². The fourth-order valence-electron chi connectivity index (χ4n) is 3.00. The lowest BCUT2D eigenvalue weighted by molar-refractivity contribution is -0.144. The molecule has 98 valence electrons. The van der Waals surface area contributed by atoms with Gasteiger partial charge in [0.25, 0.3) is 0 Å². The van der Waals surface area contributed by atoms with Crippen molar-refractivity contribution in [3.05, 3.63) is 0 Å². The molecule has 0 spiro atoms. The van der Waals surface area contributed by atoms with Gasteiger partial charge in [-0.15, -0.1) is 0 Å². The number of ether oxygens (including phenoxy) is 1. The van der Waals surface area contributed by atoms with E-state index in [-0.39, 0.29) is 12.0 Å². The van der Waals surface area contributed by atoms with E-state index in [1.807, 2.05) is 0 Å². The molecule has 4 unspecified atom stereocenters. The van der Waals surface area contributed by atoms with Crippen molar-refractivity contribution in [1.82, 2.24) is 5.32 Å². The first-order valence-corrected chi connectivity index (χ1v) is 6.97. The molecule has 4 atom stereocenters. The van der Waals surface area contributed by atoms with Crippen LogP contribution in [0.15, 0.2) is 0 Å². The lowest BCUT2D eigenvalue weighted by atomic mass is 9.77. The normalized spacial score (nSPS) is 35.4. The van der Waals surface area contributed by atoms with Crippen molar-refractivity contribution in [2.75, 3.05) is 7.11 Å². The van der Waals surface area contributed by atoms with Gasteiger partial charge in [0, 0.05) is 6.04 Å². The van der Waals surface area contributed by atoms with Crippen LogP contribution in [0.25, 0.3) is 0 Å². The molecule has 0 heterocycles. The van der Waals surface area contributed by atoms with Gasteiger partial charge in [-0.25, -0.2) is 0 Å². The molecular weight excluding hydrogens is 214 g/mol. The lowest BCUT2D eigenvalue weighted by Gasteiger charge is -2.36. The topological polar surface area (TPSA) is 38.3 Å². The maximum absolute atomic E-state index is 11.8. The van der Waals surface area contributed by atoms with E-state index in [0.29, 0.717) is 17.9 Å². The summed E-state index contributed by atoms with van der Waals surface area (Å²) in [6.45, 7) is 4.63. The molecule has 2 aliphatic rings. The molecule has 2 saturated carbocycles. The van der Waals surface area contributed by atoms with Gasteiger partial charge in [-0.2, -0.15) is 0 Å². The number of hydrogen-bond donors (Lipinski definition) is 1. The van der Waals surface area contributed by atoms with Crippen LogP contribution in [-0.4, -0.2) is 25.2 Å². The largest absolute Gasteiger partial charge is 0.468 e. The van der Waals surface area contributed by atoms with Crippen molar-refractivity contribution < 1.29 is 9.53 Å². The van der Waals surface area contributed by atoms with Gasteiger partial charge >= 0.3 is 5.97 Å². The average Bonchev–Trinajstić information content (AvgIpc) is 3.14. The van der Waals surface area contributed by atoms with Gasteiger partial charge in [-0.3, -0.25) is 4.79 Å². The van der Waals surface area contributed by atoms with Crippen LogP contribution in [0.4, 0.5) is 0 Å². The molecule has 0 aliphatic heterocycles. The van der Waals surface area contributed by atoms with Crippen LogP contribution in [0.5, 0.6) is 0 Å². The van der Waals surface area contributed by atoms with E-state index < -0.39 is 0 Å². The molecule has 2 rings (SSSR count). The maximum Gasteiger partial charge on any atom is 0.323 e. The first-order chi connectivity index (χ1) is 8.13. The van der Waals surface area contributed by atoms with E-state index in [1.165, 1.54) is 39.2 Å². The molecular formula is C14H25NO2. The quantitative estimate of drug-likeness (QED) is 0.765. The number of carbonyl (C=O) groups excluding carboxylic acids is 1. The molecule has 0 aromatic heterocycles. The van der Waals surface area contributed by atoms with Crippen molar-refractivity contribution in [3.8, 4) is 0 Å². The summed E-state index contributed by atoms with van der Waals surface area (Å²) in [6, 6.07) is 0.432. The second kappa shape index (κ2) is 5.38. The number of carbonyl (C=O) groups is 1. The third-order valence-corrected chi connectivity index (χ3v) is 4.65. The van der Waals surface area contributed by atoms with Crippen molar-refractivity contribution in [1.29, 1.82) is 0 Å². The second-order valence-electron chi connectivity index (χ2n) is 5.88. The Kier molecular flexibility index (Phi) is 4.08. The summed E-state index contributed by atoms with van der Waals surface area (Å²) in [5.41, 5.74) is 0. The zero-order valence-electron chi connectivity index (χ0n) is 11.2. The van der Waals surface area contributed by atoms with Crippen LogP contribution in [-0.2, 0) is 9.53 Å². The minimum atomic E-state index is -0.0714. The van der Waals surface area contributed by atoms with E-state index in [1.54, 1.807) is 0 Å². The third kappa shape index (κ3) is 3.01. The highest BCUT2D eigenvalue weighted by Crippen LogP contribution is 2.36. The van der Waals surface area contributed by atoms with Crippen LogP contribution in [0.2, 0.25) is 0 Å². The highest BCUT2D eigenvalue weighted by atomic mass is 16.5. The average molecular weight is 239 g/mol. The summed E-state index contributed by atoms with van der Waals surface area (Å²) in [4.78, 5) is 11.8. The number of hydrogen-bond acceptors (Lipinski definition) is 3. The predicted molar refractivity (Wildman–Crippen MR) is 67.6 cm³/mol. The summed E-state index contributed by atoms with van der Waals surface area (Å²) in [6.07, 6.45) is 6.14. The van der Waals surface area contributed by atoms with Gasteiger partial charge in [0.1, 0.15) is 6.04 Å². The van der Waals surface area contributed by atoms with Crippen LogP contribution in [0.3, 0.4) is 0 Å². The Morgan fingerprint density at radius 3 is 2.53 bits per heavy atom. The summed E-state index contributed by atoms with van der Waals surface area (Å²) in [5, 5.41) is 3.57. The van der Waals surface area contributed by atoms with Gasteiger partial charge < -0.3 is 10.1 Å². The first-order valence-electron chi connectivity index (χ1n) is 6.97. The van der Waals surface area contributed by atoms with Gasteiger partial charge in [0.2, 0.25) is 0 Å². The van der Waals surface area contributed by atoms with Gasteiger partial charge in [-0.05, 0) is 37.0 Å². The Hall–Kier alpha value is -0.570. The smallest absolute Gasteiger partial charge is 0.323 e. The number of nitrogens with one attached hydrogen (secondary N) is 1. The zero-order chi connectivity index (χ0) is 12.4. The molecule has 0 saturated heterocycles. The third-order valence-electron chi connectivity index (χ3n) is 4.65. The Labute approximate surface area is 104 Å². The molecule has 17 heavy (non-hydrogen) atoms. The summed E-state index contributed by atoms with van der Waals surface area (Å²) >= 11 is 0. The molecule has 1 N–H and O–H groups in total. The van der Waals surface area contributed by atoms with E-state index in [0.717, 1.165) is 5.92 Å². The standard InChI is InChI=1S/C14H25NO2/c1-9-5-4-6-12(10(9)2)15-13(11-7-8-11)14(16)17-3/h9-13,15H,4-8H2,1-3H3. The Bertz CT molecular complexity index is 275. The van der Waals surface area contributed by atoms with Crippen molar-refractivity contribution in [3.63, 3.8) is 0 Å². The predicted octanol–water partition coefficient (Wildman–Crippen LogP) is 2.35. The van der Waals surface area contributed by atoms with Crippen LogP contribution >= 0.6 is 0 Å². The molecule has 0 bridgehead atoms. The molecule has 0 radical (unpaired) electrons. The van der Waals surface area contributed by atoms with Crippen LogP contribution < -0.4 is 5.32 Å². The Morgan fingerprint density at radius 1 is 1.24 bits per heavy atom. The van der Waals surface area contributed by atoms with Crippen LogP contribution in [0, 0.1) is 17.8 Å². The maximum atomic E-state index is 11.8. The van der Waals surface area contributed by atoms with E-state index in [9.17, 15) is 4.79 Å². The van der Waals surface area contributed by atoms with Crippen molar-refractivity contribution in [2.45, 2.75) is 58.0 Å². The second-order valence-corrected chi connectivity index (χ2v) is 5.88. The molecule has 2 fully saturated rings. The number of rotatable bonds is 4. The molecule has 3 heteroatoms. The van der Waals surface area contributed by atoms with E-state index in [2.05, 4.69) is 19.2 Å². The molecule has 0 aromatic carbocycles. The fraction of sp³-hybridized carbons (Fsp3) is 0.929. The molecule has 0 amide bonds. The van der Waals surface area contributed by atoms with Gasteiger partial charge in [0.05, 0.1) is 7.11 Å². The highest BCUT2D eigenvalue weighted by Gasteiger charge is 2.39. The SMILES string of the molecule is COC(=O)C(NC1CCCC(C)C1C)C1CC1. The number of methoxy groups -OCH3 is 1. The summed E-state index contributed by atoms with van der Waals surface area (Å²) in [7, 11) is 1.49. The molecule has 3 nitrogen and oxygen atoms in total. The monoisotopic (exact) mass is 239 g/mol. The van der Waals surface area contributed by atoms with Gasteiger partial charge in [-0.1, -0.05) is 26.7 Å². The number of esters is 1. The zero-order valence-corrected chi connectivity index (χ0v) is 11.2. The summed E-state index contributed by atoms with van der Waals surface area (Å²) in [5.74, 6) is 1.87. The molecule has 0 aromatic rings. The van der Waals surface area contributed by atoms with Crippen molar-refractivity contribution in [2.24, 2.45) is 17.8 Å². The Morgan fingerprint density at radius 2 is 1.94 bits per heavy atom. The summed E-state index contributed by atoms with van der Waals surface area (Å²) < 4.78 is 4.92. The molecule has 2 aliphatic carbocycles. The Balaban J connectivity index is 1.94.